The summed E-state index contributed by atoms with van der Waals surface area (Å²) in [6, 6.07) is 0.691. The molecule has 1 saturated carbocycles. The highest BCUT2D eigenvalue weighted by Gasteiger charge is 2.19. The molecule has 0 aliphatic heterocycles. The third-order valence-electron chi connectivity index (χ3n) is 3.17. The number of hydrogen-bond acceptors (Lipinski definition) is 1. The van der Waals surface area contributed by atoms with Crippen molar-refractivity contribution in [3.63, 3.8) is 0 Å². The van der Waals surface area contributed by atoms with Crippen LogP contribution in [0.4, 0.5) is 0 Å². The van der Waals surface area contributed by atoms with Gasteiger partial charge in [-0.2, -0.15) is 0 Å². The van der Waals surface area contributed by atoms with Gasteiger partial charge in [-0.1, -0.05) is 40.3 Å². The second-order valence-electron chi connectivity index (χ2n) is 6.85. The van der Waals surface area contributed by atoms with E-state index in [1.54, 1.807) is 6.08 Å². The quantitative estimate of drug-likeness (QED) is 0.671. The van der Waals surface area contributed by atoms with Crippen LogP contribution in [-0.4, -0.2) is 6.04 Å². The SMILES string of the molecule is C=C(CC(C)(C)C)NC1CCC(C)CC1.C=CC. The highest BCUT2D eigenvalue weighted by atomic mass is 14.9. The lowest BCUT2D eigenvalue weighted by molar-refractivity contribution is 0.309. The van der Waals surface area contributed by atoms with Gasteiger partial charge in [-0.3, -0.25) is 0 Å². The van der Waals surface area contributed by atoms with E-state index in [0.29, 0.717) is 11.5 Å². The zero-order valence-corrected chi connectivity index (χ0v) is 13.2. The summed E-state index contributed by atoms with van der Waals surface area (Å²) in [5, 5.41) is 3.60. The van der Waals surface area contributed by atoms with Crippen molar-refractivity contribution in [2.45, 2.75) is 72.8 Å². The molecule has 0 radical (unpaired) electrons. The van der Waals surface area contributed by atoms with Gasteiger partial charge < -0.3 is 5.32 Å². The second-order valence-corrected chi connectivity index (χ2v) is 6.85. The fraction of sp³-hybridized carbons (Fsp3) is 0.765. The van der Waals surface area contributed by atoms with Crippen LogP contribution in [0.25, 0.3) is 0 Å². The van der Waals surface area contributed by atoms with Crippen molar-refractivity contribution in [2.24, 2.45) is 11.3 Å². The van der Waals surface area contributed by atoms with Gasteiger partial charge in [0.1, 0.15) is 0 Å². The third-order valence-corrected chi connectivity index (χ3v) is 3.17. The topological polar surface area (TPSA) is 12.0 Å². The lowest BCUT2D eigenvalue weighted by Gasteiger charge is -2.30. The molecule has 1 rings (SSSR count). The van der Waals surface area contributed by atoms with Crippen LogP contribution in [0.3, 0.4) is 0 Å². The maximum absolute atomic E-state index is 4.14. The molecule has 1 aliphatic rings. The van der Waals surface area contributed by atoms with Gasteiger partial charge in [0.2, 0.25) is 0 Å². The van der Waals surface area contributed by atoms with Crippen molar-refractivity contribution < 1.29 is 0 Å². The molecule has 1 fully saturated rings. The Hall–Kier alpha value is -0.720. The molecule has 0 aromatic carbocycles. The van der Waals surface area contributed by atoms with Crippen LogP contribution in [-0.2, 0) is 0 Å². The Morgan fingerprint density at radius 3 is 2.06 bits per heavy atom. The smallest absolute Gasteiger partial charge is 0.0258 e. The van der Waals surface area contributed by atoms with Gasteiger partial charge in [0.05, 0.1) is 0 Å². The summed E-state index contributed by atoms with van der Waals surface area (Å²) in [5.41, 5.74) is 1.58. The van der Waals surface area contributed by atoms with E-state index in [-0.39, 0.29) is 0 Å². The van der Waals surface area contributed by atoms with Gasteiger partial charge in [0.15, 0.2) is 0 Å². The molecule has 1 heteroatoms. The van der Waals surface area contributed by atoms with Crippen LogP contribution >= 0.6 is 0 Å². The molecule has 0 aromatic rings. The maximum Gasteiger partial charge on any atom is 0.0258 e. The Balaban J connectivity index is 0.000000873. The van der Waals surface area contributed by atoms with Crippen molar-refractivity contribution in [2.75, 3.05) is 0 Å². The summed E-state index contributed by atoms with van der Waals surface area (Å²) < 4.78 is 0. The van der Waals surface area contributed by atoms with Crippen molar-refractivity contribution >= 4 is 0 Å². The fourth-order valence-electron chi connectivity index (χ4n) is 2.38. The Morgan fingerprint density at radius 1 is 1.22 bits per heavy atom. The predicted molar refractivity (Wildman–Crippen MR) is 83.6 cm³/mol. The van der Waals surface area contributed by atoms with Crippen molar-refractivity contribution in [3.8, 4) is 0 Å². The highest BCUT2D eigenvalue weighted by molar-refractivity contribution is 4.97. The molecule has 0 bridgehead atoms. The third kappa shape index (κ3) is 9.32. The monoisotopic (exact) mass is 251 g/mol. The van der Waals surface area contributed by atoms with Gasteiger partial charge in [0, 0.05) is 11.7 Å². The van der Waals surface area contributed by atoms with E-state index in [1.165, 1.54) is 31.4 Å². The minimum Gasteiger partial charge on any atom is -0.386 e. The van der Waals surface area contributed by atoms with Crippen LogP contribution in [0.2, 0.25) is 0 Å². The summed E-state index contributed by atoms with van der Waals surface area (Å²) in [6.07, 6.45) is 8.23. The Kier molecular flexibility index (Phi) is 8.06. The molecule has 1 N–H and O–H groups in total. The normalized spacial score (nSPS) is 23.6. The van der Waals surface area contributed by atoms with Crippen molar-refractivity contribution in [1.82, 2.24) is 5.32 Å². The van der Waals surface area contributed by atoms with Crippen molar-refractivity contribution in [1.29, 1.82) is 0 Å². The van der Waals surface area contributed by atoms with E-state index in [1.807, 2.05) is 6.92 Å². The first-order valence-electron chi connectivity index (χ1n) is 7.30. The minimum absolute atomic E-state index is 0.353. The van der Waals surface area contributed by atoms with Gasteiger partial charge in [-0.15, -0.1) is 6.58 Å². The molecule has 0 saturated heterocycles. The van der Waals surface area contributed by atoms with E-state index < -0.39 is 0 Å². The summed E-state index contributed by atoms with van der Waals surface area (Å²) >= 11 is 0. The molecule has 1 aliphatic carbocycles. The molecule has 18 heavy (non-hydrogen) atoms. The number of nitrogens with one attached hydrogen (secondary N) is 1. The average molecular weight is 251 g/mol. The zero-order chi connectivity index (χ0) is 14.2. The summed E-state index contributed by atoms with van der Waals surface area (Å²) in [4.78, 5) is 0. The Morgan fingerprint density at radius 2 is 1.67 bits per heavy atom. The zero-order valence-electron chi connectivity index (χ0n) is 13.2. The average Bonchev–Trinajstić information content (AvgIpc) is 2.20. The molecule has 0 amide bonds. The molecule has 0 spiro atoms. The maximum atomic E-state index is 4.14. The fourth-order valence-corrected chi connectivity index (χ4v) is 2.38. The Bertz CT molecular complexity index is 239. The lowest BCUT2D eigenvalue weighted by atomic mass is 9.86. The standard InChI is InChI=1S/C14H27N.C3H6/c1-11-6-8-13(9-7-11)15-12(2)10-14(3,4)5;1-3-2/h11,13,15H,2,6-10H2,1,3-5H3;3H,1H2,2H3. The highest BCUT2D eigenvalue weighted by Crippen LogP contribution is 2.26. The van der Waals surface area contributed by atoms with E-state index in [0.717, 1.165) is 12.3 Å². The molecular formula is C17H33N. The van der Waals surface area contributed by atoms with E-state index in [9.17, 15) is 0 Å². The molecule has 0 atom stereocenters. The summed E-state index contributed by atoms with van der Waals surface area (Å²) in [6.45, 7) is 18.6. The summed E-state index contributed by atoms with van der Waals surface area (Å²) in [5.74, 6) is 0.930. The lowest BCUT2D eigenvalue weighted by Crippen LogP contribution is -2.33. The predicted octanol–water partition coefficient (Wildman–Crippen LogP) is 5.30. The van der Waals surface area contributed by atoms with Gasteiger partial charge in [-0.25, -0.2) is 0 Å². The second kappa shape index (κ2) is 8.39. The van der Waals surface area contributed by atoms with Crippen LogP contribution in [0.1, 0.15) is 66.7 Å². The largest absolute Gasteiger partial charge is 0.386 e. The van der Waals surface area contributed by atoms with E-state index in [4.69, 9.17) is 0 Å². The van der Waals surface area contributed by atoms with E-state index in [2.05, 4.69) is 46.2 Å². The molecular weight excluding hydrogens is 218 g/mol. The number of allylic oxidation sites excluding steroid dienone is 2. The van der Waals surface area contributed by atoms with Gasteiger partial charge in [0.25, 0.3) is 0 Å². The van der Waals surface area contributed by atoms with Crippen LogP contribution in [0, 0.1) is 11.3 Å². The first kappa shape index (κ1) is 17.3. The van der Waals surface area contributed by atoms with Gasteiger partial charge >= 0.3 is 0 Å². The first-order chi connectivity index (χ1) is 8.28. The minimum atomic E-state index is 0.353. The van der Waals surface area contributed by atoms with Crippen LogP contribution < -0.4 is 5.32 Å². The van der Waals surface area contributed by atoms with Crippen molar-refractivity contribution in [3.05, 3.63) is 24.9 Å². The molecule has 0 aromatic heterocycles. The van der Waals surface area contributed by atoms with Crippen LogP contribution in [0.5, 0.6) is 0 Å². The molecule has 106 valence electrons. The number of rotatable bonds is 3. The Labute approximate surface area is 115 Å². The van der Waals surface area contributed by atoms with Crippen LogP contribution in [0.15, 0.2) is 24.9 Å². The molecule has 1 nitrogen and oxygen atoms in total. The van der Waals surface area contributed by atoms with Gasteiger partial charge in [-0.05, 0) is 50.4 Å². The molecule has 0 unspecified atom stereocenters. The number of hydrogen-bond donors (Lipinski definition) is 1. The first-order valence-corrected chi connectivity index (χ1v) is 7.30. The van der Waals surface area contributed by atoms with E-state index >= 15 is 0 Å². The molecule has 0 heterocycles. The summed E-state index contributed by atoms with van der Waals surface area (Å²) in [7, 11) is 0.